The summed E-state index contributed by atoms with van der Waals surface area (Å²) in [6.07, 6.45) is -1.25. The molecule has 0 saturated carbocycles. The number of hydrogen-bond acceptors (Lipinski definition) is 5. The van der Waals surface area contributed by atoms with Crippen LogP contribution in [0, 0.1) is 0 Å². The predicted octanol–water partition coefficient (Wildman–Crippen LogP) is 0.409. The van der Waals surface area contributed by atoms with Gasteiger partial charge in [-0.25, -0.2) is 0 Å². The zero-order chi connectivity index (χ0) is 13.0. The van der Waals surface area contributed by atoms with Gasteiger partial charge in [0.2, 0.25) is 0 Å². The van der Waals surface area contributed by atoms with Crippen LogP contribution < -0.4 is 0 Å². The zero-order valence-corrected chi connectivity index (χ0v) is 10.7. The van der Waals surface area contributed by atoms with Crippen LogP contribution in [0.1, 0.15) is 40.0 Å². The average Bonchev–Trinajstić information content (AvgIpc) is 2.23. The minimum absolute atomic E-state index is 0.0910. The lowest BCUT2D eigenvalue weighted by Gasteiger charge is -2.36. The molecular formula is C12H24O5. The highest BCUT2D eigenvalue weighted by atomic mass is 16.7. The quantitative estimate of drug-likeness (QED) is 0.656. The standard InChI is InChI=1S/C12H24O5/c1-7(13)4-5-8(2)16-12-11(15)6-10(14)9(3)17-12/h7-15H,4-6H2,1-3H3/t7-,8-,9?,10-,11?,12-/m1/s1. The van der Waals surface area contributed by atoms with Gasteiger partial charge >= 0.3 is 0 Å². The molecule has 0 spiro atoms. The minimum Gasteiger partial charge on any atom is -0.393 e. The molecule has 3 N–H and O–H groups in total. The molecule has 5 nitrogen and oxygen atoms in total. The molecule has 0 bridgehead atoms. The summed E-state index contributed by atoms with van der Waals surface area (Å²) in [4.78, 5) is 0. The largest absolute Gasteiger partial charge is 0.393 e. The first-order chi connectivity index (χ1) is 7.90. The highest BCUT2D eigenvalue weighted by Gasteiger charge is 2.35. The summed E-state index contributed by atoms with van der Waals surface area (Å²) in [5, 5.41) is 28.4. The van der Waals surface area contributed by atoms with Crippen LogP contribution in [-0.4, -0.2) is 52.1 Å². The molecule has 0 aliphatic carbocycles. The number of ether oxygens (including phenoxy) is 2. The molecule has 1 rings (SSSR count). The van der Waals surface area contributed by atoms with Crippen LogP contribution in [0.2, 0.25) is 0 Å². The molecule has 0 aromatic heterocycles. The second kappa shape index (κ2) is 6.66. The van der Waals surface area contributed by atoms with Gasteiger partial charge in [0.1, 0.15) is 6.10 Å². The average molecular weight is 248 g/mol. The van der Waals surface area contributed by atoms with E-state index in [2.05, 4.69) is 0 Å². The van der Waals surface area contributed by atoms with Gasteiger partial charge < -0.3 is 24.8 Å². The van der Waals surface area contributed by atoms with Crippen molar-refractivity contribution in [2.75, 3.05) is 0 Å². The molecule has 17 heavy (non-hydrogen) atoms. The first-order valence-electron chi connectivity index (χ1n) is 6.25. The Morgan fingerprint density at radius 3 is 2.47 bits per heavy atom. The lowest BCUT2D eigenvalue weighted by atomic mass is 10.0. The van der Waals surface area contributed by atoms with Gasteiger partial charge in [-0.1, -0.05) is 0 Å². The van der Waals surface area contributed by atoms with Gasteiger partial charge in [-0.05, 0) is 33.6 Å². The number of hydrogen-bond donors (Lipinski definition) is 3. The van der Waals surface area contributed by atoms with Gasteiger partial charge in [-0.3, -0.25) is 0 Å². The lowest BCUT2D eigenvalue weighted by molar-refractivity contribution is -0.273. The Bertz CT molecular complexity index is 221. The number of rotatable bonds is 5. The van der Waals surface area contributed by atoms with E-state index < -0.39 is 18.5 Å². The van der Waals surface area contributed by atoms with Crippen molar-refractivity contribution in [3.63, 3.8) is 0 Å². The van der Waals surface area contributed by atoms with Crippen molar-refractivity contribution in [3.8, 4) is 0 Å². The Kier molecular flexibility index (Phi) is 5.82. The van der Waals surface area contributed by atoms with E-state index in [1.807, 2.05) is 6.92 Å². The van der Waals surface area contributed by atoms with Crippen LogP contribution in [0.4, 0.5) is 0 Å². The molecule has 5 heteroatoms. The fraction of sp³-hybridized carbons (Fsp3) is 1.00. The van der Waals surface area contributed by atoms with E-state index in [9.17, 15) is 10.2 Å². The van der Waals surface area contributed by atoms with E-state index in [1.165, 1.54) is 0 Å². The number of aliphatic hydroxyl groups excluding tert-OH is 3. The molecule has 1 aliphatic heterocycles. The van der Waals surface area contributed by atoms with Gasteiger partial charge in [0.25, 0.3) is 0 Å². The van der Waals surface area contributed by atoms with Crippen molar-refractivity contribution in [1.29, 1.82) is 0 Å². The zero-order valence-electron chi connectivity index (χ0n) is 10.7. The predicted molar refractivity (Wildman–Crippen MR) is 62.4 cm³/mol. The maximum atomic E-state index is 9.72. The van der Waals surface area contributed by atoms with Crippen LogP contribution in [0.3, 0.4) is 0 Å². The first kappa shape index (κ1) is 14.9. The Balaban J connectivity index is 2.34. The van der Waals surface area contributed by atoms with Crippen molar-refractivity contribution >= 4 is 0 Å². The summed E-state index contributed by atoms with van der Waals surface area (Å²) in [5.41, 5.74) is 0. The second-order valence-corrected chi connectivity index (χ2v) is 4.95. The molecule has 0 aromatic carbocycles. The van der Waals surface area contributed by atoms with Gasteiger partial charge in [0.05, 0.1) is 24.4 Å². The fourth-order valence-electron chi connectivity index (χ4n) is 1.84. The molecule has 0 radical (unpaired) electrons. The van der Waals surface area contributed by atoms with E-state index in [0.29, 0.717) is 12.8 Å². The second-order valence-electron chi connectivity index (χ2n) is 4.95. The third-order valence-electron chi connectivity index (χ3n) is 3.05. The molecule has 102 valence electrons. The summed E-state index contributed by atoms with van der Waals surface area (Å²) < 4.78 is 11.0. The summed E-state index contributed by atoms with van der Waals surface area (Å²) in [6.45, 7) is 5.37. The van der Waals surface area contributed by atoms with E-state index >= 15 is 0 Å². The first-order valence-corrected chi connectivity index (χ1v) is 6.25. The van der Waals surface area contributed by atoms with Gasteiger partial charge in [-0.15, -0.1) is 0 Å². The normalized spacial score (nSPS) is 37.8. The molecule has 1 fully saturated rings. The van der Waals surface area contributed by atoms with Gasteiger partial charge in [0.15, 0.2) is 6.29 Å². The molecule has 6 atom stereocenters. The third-order valence-corrected chi connectivity index (χ3v) is 3.05. The van der Waals surface area contributed by atoms with E-state index in [1.54, 1.807) is 13.8 Å². The monoisotopic (exact) mass is 248 g/mol. The fourth-order valence-corrected chi connectivity index (χ4v) is 1.84. The van der Waals surface area contributed by atoms with Gasteiger partial charge in [-0.2, -0.15) is 0 Å². The van der Waals surface area contributed by atoms with Crippen LogP contribution in [0.5, 0.6) is 0 Å². The topological polar surface area (TPSA) is 79.2 Å². The lowest BCUT2D eigenvalue weighted by Crippen LogP contribution is -2.48. The van der Waals surface area contributed by atoms with Crippen molar-refractivity contribution in [1.82, 2.24) is 0 Å². The number of aliphatic hydroxyl groups is 3. The summed E-state index contributed by atoms with van der Waals surface area (Å²) in [5.74, 6) is 0. The molecule has 1 aliphatic rings. The molecular weight excluding hydrogens is 224 g/mol. The van der Waals surface area contributed by atoms with Crippen LogP contribution in [0.15, 0.2) is 0 Å². The Morgan fingerprint density at radius 2 is 1.88 bits per heavy atom. The van der Waals surface area contributed by atoms with Crippen molar-refractivity contribution < 1.29 is 24.8 Å². The molecule has 2 unspecified atom stereocenters. The van der Waals surface area contributed by atoms with E-state index in [0.717, 1.165) is 0 Å². The molecule has 1 saturated heterocycles. The third kappa shape index (κ3) is 4.89. The van der Waals surface area contributed by atoms with Gasteiger partial charge in [0, 0.05) is 6.42 Å². The molecule has 0 amide bonds. The maximum Gasteiger partial charge on any atom is 0.184 e. The summed E-state index contributed by atoms with van der Waals surface area (Å²) >= 11 is 0. The Labute approximate surface area is 102 Å². The molecule has 1 heterocycles. The summed E-state index contributed by atoms with van der Waals surface area (Å²) in [7, 11) is 0. The molecule has 0 aromatic rings. The summed E-state index contributed by atoms with van der Waals surface area (Å²) in [6, 6.07) is 0. The van der Waals surface area contributed by atoms with Crippen molar-refractivity contribution in [2.45, 2.75) is 76.8 Å². The van der Waals surface area contributed by atoms with Crippen molar-refractivity contribution in [3.05, 3.63) is 0 Å². The van der Waals surface area contributed by atoms with E-state index in [4.69, 9.17) is 14.6 Å². The van der Waals surface area contributed by atoms with Crippen LogP contribution in [-0.2, 0) is 9.47 Å². The SMILES string of the molecule is CC1O[C@@H](O[C@H](C)CC[C@@H](C)O)C(O)C[C@H]1O. The van der Waals surface area contributed by atoms with Crippen LogP contribution in [0.25, 0.3) is 0 Å². The van der Waals surface area contributed by atoms with Crippen molar-refractivity contribution in [2.24, 2.45) is 0 Å². The maximum absolute atomic E-state index is 9.72. The van der Waals surface area contributed by atoms with Crippen LogP contribution >= 0.6 is 0 Å². The van der Waals surface area contributed by atoms with E-state index in [-0.39, 0.29) is 24.7 Å². The Morgan fingerprint density at radius 1 is 1.24 bits per heavy atom. The minimum atomic E-state index is -0.796. The smallest absolute Gasteiger partial charge is 0.184 e. The highest BCUT2D eigenvalue weighted by molar-refractivity contribution is 4.78. The highest BCUT2D eigenvalue weighted by Crippen LogP contribution is 2.22. The Hall–Kier alpha value is -0.200.